The van der Waals surface area contributed by atoms with Crippen molar-refractivity contribution in [1.82, 2.24) is 9.55 Å². The quantitative estimate of drug-likeness (QED) is 0.158. The van der Waals surface area contributed by atoms with Crippen LogP contribution in [-0.4, -0.2) is 64.3 Å². The second kappa shape index (κ2) is 13.7. The number of hydrogen-bond donors (Lipinski definition) is 3. The summed E-state index contributed by atoms with van der Waals surface area (Å²) in [5.41, 5.74) is -1.85. The molecule has 3 N–H and O–H groups in total. The summed E-state index contributed by atoms with van der Waals surface area (Å²) >= 11 is 0. The molecule has 5 rings (SSSR count). The first-order valence-corrected chi connectivity index (χ1v) is 14.7. The predicted octanol–water partition coefficient (Wildman–Crippen LogP) is 3.79. The second-order valence-corrected chi connectivity index (χ2v) is 10.9. The Labute approximate surface area is 266 Å². The Hall–Kier alpha value is -4.81. The molecule has 240 valence electrons. The highest BCUT2D eigenvalue weighted by Crippen LogP contribution is 2.52. The third-order valence-electron chi connectivity index (χ3n) is 8.12. The van der Waals surface area contributed by atoms with Gasteiger partial charge < -0.3 is 34.5 Å². The highest BCUT2D eigenvalue weighted by molar-refractivity contribution is 5.87. The first kappa shape index (κ1) is 32.6. The number of carbonyl (C=O) groups excluding carboxylic acids is 1. The Bertz CT molecular complexity index is 1660. The topological polar surface area (TPSA) is 141 Å². The van der Waals surface area contributed by atoms with Crippen LogP contribution in [0.3, 0.4) is 0 Å². The number of aliphatic hydroxyl groups excluding tert-OH is 2. The summed E-state index contributed by atoms with van der Waals surface area (Å²) in [7, 11) is 3.15. The SMILES string of the molecule is C=CC[C@@]1(OC(c2ccccc2)(c2ccc(OC)cc2)c2ccc(OC)cc2)[C@H](O)[C@@H](CO)O[C@H]1n1ccc(NC(C)=O)nc1=O. The largest absolute Gasteiger partial charge is 0.497 e. The number of hydrogen-bond acceptors (Lipinski definition) is 9. The minimum absolute atomic E-state index is 0.00386. The number of nitrogens with zero attached hydrogens (tertiary/aromatic N) is 2. The molecule has 11 nitrogen and oxygen atoms in total. The van der Waals surface area contributed by atoms with Crippen LogP contribution in [-0.2, 0) is 19.9 Å². The second-order valence-electron chi connectivity index (χ2n) is 10.9. The molecule has 11 heteroatoms. The van der Waals surface area contributed by atoms with Crippen LogP contribution in [0.2, 0.25) is 0 Å². The molecule has 46 heavy (non-hydrogen) atoms. The van der Waals surface area contributed by atoms with E-state index in [9.17, 15) is 19.8 Å². The van der Waals surface area contributed by atoms with Gasteiger partial charge >= 0.3 is 5.69 Å². The van der Waals surface area contributed by atoms with Gasteiger partial charge in [0.2, 0.25) is 5.91 Å². The molecule has 0 bridgehead atoms. The lowest BCUT2D eigenvalue weighted by molar-refractivity contribution is -0.198. The van der Waals surface area contributed by atoms with Crippen molar-refractivity contribution in [2.45, 2.75) is 43.0 Å². The van der Waals surface area contributed by atoms with Crippen LogP contribution in [0.1, 0.15) is 36.3 Å². The van der Waals surface area contributed by atoms with Crippen LogP contribution in [0, 0.1) is 0 Å². The number of anilines is 1. The van der Waals surface area contributed by atoms with Crippen LogP contribution in [0.25, 0.3) is 0 Å². The van der Waals surface area contributed by atoms with E-state index in [4.69, 9.17) is 18.9 Å². The average molecular weight is 628 g/mol. The van der Waals surface area contributed by atoms with E-state index in [-0.39, 0.29) is 12.2 Å². The molecule has 1 aliphatic heterocycles. The standard InChI is InChI=1S/C35H37N3O8/c1-5-20-34(31(41)29(22-39)45-32(34)38-21-19-30(36-23(2)40)37-33(38)42)46-35(24-9-7-6-8-10-24,25-11-15-27(43-3)16-12-25)26-13-17-28(44-4)18-14-26/h5-19,21,29,31-32,39,41H,1,20,22H2,2-4H3,(H,36,37,40,42)/t29-,31-,32-,34-/m1/s1. The summed E-state index contributed by atoms with van der Waals surface area (Å²) in [4.78, 5) is 29.1. The maximum absolute atomic E-state index is 13.5. The number of amides is 1. The summed E-state index contributed by atoms with van der Waals surface area (Å²) in [6.45, 7) is 4.70. The molecular formula is C35H37N3O8. The minimum Gasteiger partial charge on any atom is -0.497 e. The summed E-state index contributed by atoms with van der Waals surface area (Å²) in [5.74, 6) is 0.908. The van der Waals surface area contributed by atoms with E-state index in [0.29, 0.717) is 28.2 Å². The minimum atomic E-state index is -1.72. The molecule has 1 saturated heterocycles. The van der Waals surface area contributed by atoms with E-state index >= 15 is 0 Å². The Morgan fingerprint density at radius 1 is 1.00 bits per heavy atom. The highest BCUT2D eigenvalue weighted by Gasteiger charge is 2.61. The van der Waals surface area contributed by atoms with E-state index < -0.39 is 47.8 Å². The average Bonchev–Trinajstić information content (AvgIpc) is 3.34. The summed E-state index contributed by atoms with van der Waals surface area (Å²) in [6.07, 6.45) is -0.890. The van der Waals surface area contributed by atoms with Crippen LogP contribution in [0.4, 0.5) is 5.82 Å². The molecule has 0 spiro atoms. The van der Waals surface area contributed by atoms with Crippen molar-refractivity contribution in [3.63, 3.8) is 0 Å². The Morgan fingerprint density at radius 2 is 1.57 bits per heavy atom. The van der Waals surface area contributed by atoms with Crippen LogP contribution in [0.15, 0.2) is 109 Å². The van der Waals surface area contributed by atoms with Crippen molar-refractivity contribution in [2.75, 3.05) is 26.1 Å². The molecule has 2 heterocycles. The van der Waals surface area contributed by atoms with E-state index in [1.54, 1.807) is 20.3 Å². The smallest absolute Gasteiger partial charge is 0.351 e. The van der Waals surface area contributed by atoms with E-state index in [0.717, 1.165) is 0 Å². The van der Waals surface area contributed by atoms with Crippen molar-refractivity contribution in [2.24, 2.45) is 0 Å². The summed E-state index contributed by atoms with van der Waals surface area (Å²) < 4.78 is 25.7. The number of methoxy groups -OCH3 is 2. The number of benzene rings is 3. The van der Waals surface area contributed by atoms with Gasteiger partial charge in [0.05, 0.1) is 20.8 Å². The van der Waals surface area contributed by atoms with Gasteiger partial charge in [-0.1, -0.05) is 60.7 Å². The fourth-order valence-corrected chi connectivity index (χ4v) is 5.99. The summed E-state index contributed by atoms with van der Waals surface area (Å²) in [5, 5.41) is 24.8. The molecule has 1 aliphatic rings. The lowest BCUT2D eigenvalue weighted by atomic mass is 9.78. The Balaban J connectivity index is 1.81. The number of aromatic nitrogens is 2. The van der Waals surface area contributed by atoms with Gasteiger partial charge in [0.15, 0.2) is 6.23 Å². The normalized spacial score (nSPS) is 21.0. The third kappa shape index (κ3) is 5.93. The zero-order chi connectivity index (χ0) is 32.9. The van der Waals surface area contributed by atoms with E-state index in [1.807, 2.05) is 78.9 Å². The molecule has 1 fully saturated rings. The molecule has 0 saturated carbocycles. The molecule has 3 aromatic carbocycles. The third-order valence-corrected chi connectivity index (χ3v) is 8.12. The molecular weight excluding hydrogens is 590 g/mol. The Morgan fingerprint density at radius 3 is 2.04 bits per heavy atom. The lowest BCUT2D eigenvalue weighted by Crippen LogP contribution is -2.55. The monoisotopic (exact) mass is 627 g/mol. The number of carbonyl (C=O) groups is 1. The van der Waals surface area contributed by atoms with Crippen LogP contribution < -0.4 is 20.5 Å². The molecule has 4 atom stereocenters. The fourth-order valence-electron chi connectivity index (χ4n) is 5.99. The molecule has 4 aromatic rings. The van der Waals surface area contributed by atoms with Crippen LogP contribution >= 0.6 is 0 Å². The van der Waals surface area contributed by atoms with Gasteiger partial charge in [-0.05, 0) is 47.0 Å². The van der Waals surface area contributed by atoms with E-state index in [2.05, 4.69) is 16.9 Å². The molecule has 0 aliphatic carbocycles. The molecule has 0 radical (unpaired) electrons. The molecule has 1 amide bonds. The first-order valence-electron chi connectivity index (χ1n) is 14.7. The van der Waals surface area contributed by atoms with Gasteiger partial charge in [0.25, 0.3) is 0 Å². The van der Waals surface area contributed by atoms with Crippen molar-refractivity contribution in [1.29, 1.82) is 0 Å². The van der Waals surface area contributed by atoms with E-state index in [1.165, 1.54) is 23.8 Å². The first-order chi connectivity index (χ1) is 22.2. The van der Waals surface area contributed by atoms with Crippen molar-refractivity contribution >= 4 is 11.7 Å². The summed E-state index contributed by atoms with van der Waals surface area (Å²) in [6, 6.07) is 25.6. The maximum atomic E-state index is 13.5. The highest BCUT2D eigenvalue weighted by atomic mass is 16.6. The molecule has 0 unspecified atom stereocenters. The fraction of sp³-hybridized carbons (Fsp3) is 0.286. The Kier molecular flexibility index (Phi) is 9.68. The maximum Gasteiger partial charge on any atom is 0.351 e. The zero-order valence-electron chi connectivity index (χ0n) is 25.8. The van der Waals surface area contributed by atoms with Gasteiger partial charge in [0, 0.05) is 19.5 Å². The molecule has 1 aromatic heterocycles. The number of ether oxygens (including phenoxy) is 4. The van der Waals surface area contributed by atoms with Crippen molar-refractivity contribution < 1.29 is 34.0 Å². The number of rotatable bonds is 12. The van der Waals surface area contributed by atoms with Gasteiger partial charge in [-0.25, -0.2) is 4.79 Å². The van der Waals surface area contributed by atoms with Crippen molar-refractivity contribution in [3.8, 4) is 11.5 Å². The van der Waals surface area contributed by atoms with Crippen molar-refractivity contribution in [3.05, 3.63) is 131 Å². The lowest BCUT2D eigenvalue weighted by Gasteiger charge is -2.46. The predicted molar refractivity (Wildman–Crippen MR) is 171 cm³/mol. The van der Waals surface area contributed by atoms with Gasteiger partial charge in [0.1, 0.15) is 40.7 Å². The zero-order valence-corrected chi connectivity index (χ0v) is 25.8. The van der Waals surface area contributed by atoms with Gasteiger partial charge in [-0.15, -0.1) is 6.58 Å². The van der Waals surface area contributed by atoms with Gasteiger partial charge in [-0.3, -0.25) is 9.36 Å². The van der Waals surface area contributed by atoms with Gasteiger partial charge in [-0.2, -0.15) is 4.98 Å². The number of nitrogens with one attached hydrogen (secondary N) is 1. The van der Waals surface area contributed by atoms with Crippen LogP contribution in [0.5, 0.6) is 11.5 Å². The number of aliphatic hydroxyl groups is 2.